The van der Waals surface area contributed by atoms with Gasteiger partial charge in [0.05, 0.1) is 0 Å². The molecule has 0 heterocycles. The van der Waals surface area contributed by atoms with Gasteiger partial charge in [-0.15, -0.1) is 0 Å². The molecule has 0 aliphatic carbocycles. The molecule has 2 nitrogen and oxygen atoms in total. The Kier molecular flexibility index (Phi) is 5.93. The van der Waals surface area contributed by atoms with E-state index in [1.165, 1.54) is 33.4 Å². The minimum Gasteiger partial charge on any atom is -0.398 e. The van der Waals surface area contributed by atoms with Crippen LogP contribution in [0.4, 0.5) is 11.4 Å². The van der Waals surface area contributed by atoms with Gasteiger partial charge in [-0.2, -0.15) is 0 Å². The first-order chi connectivity index (χ1) is 11.5. The number of hydrogen-bond donors (Lipinski definition) is 2. The Balaban J connectivity index is 2.54. The van der Waals surface area contributed by atoms with Gasteiger partial charge in [0.1, 0.15) is 0 Å². The predicted octanol–water partition coefficient (Wildman–Crippen LogP) is 5.25. The quantitative estimate of drug-likeness (QED) is 0.713. The topological polar surface area (TPSA) is 52.0 Å². The molecule has 0 spiro atoms. The summed E-state index contributed by atoms with van der Waals surface area (Å²) >= 11 is 0. The molecule has 0 amide bonds. The second-order valence-electron chi connectivity index (χ2n) is 6.64. The van der Waals surface area contributed by atoms with Crippen LogP contribution in [0.2, 0.25) is 0 Å². The lowest BCUT2D eigenvalue weighted by atomic mass is 9.86. The number of benzene rings is 2. The van der Waals surface area contributed by atoms with Crippen LogP contribution in [0, 0.1) is 0 Å². The summed E-state index contributed by atoms with van der Waals surface area (Å²) in [5.74, 6) is 0.345. The summed E-state index contributed by atoms with van der Waals surface area (Å²) in [7, 11) is 0. The molecule has 0 aliphatic rings. The van der Waals surface area contributed by atoms with Crippen molar-refractivity contribution in [1.82, 2.24) is 0 Å². The van der Waals surface area contributed by atoms with Gasteiger partial charge in [-0.05, 0) is 59.1 Å². The SMILES string of the molecule is CCc1cc(C(C)c2cc(CC)c(N)c(CC)c2)cc(CC)c1N. The van der Waals surface area contributed by atoms with Crippen molar-refractivity contribution in [2.24, 2.45) is 0 Å². The lowest BCUT2D eigenvalue weighted by Gasteiger charge is -2.20. The number of nitrogens with two attached hydrogens (primary N) is 2. The molecule has 0 saturated carbocycles. The highest BCUT2D eigenvalue weighted by Gasteiger charge is 2.15. The summed E-state index contributed by atoms with van der Waals surface area (Å²) in [5, 5.41) is 0. The summed E-state index contributed by atoms with van der Waals surface area (Å²) in [4.78, 5) is 0. The van der Waals surface area contributed by atoms with Crippen molar-refractivity contribution in [2.45, 2.75) is 66.2 Å². The second-order valence-corrected chi connectivity index (χ2v) is 6.64. The van der Waals surface area contributed by atoms with Gasteiger partial charge < -0.3 is 11.5 Å². The first kappa shape index (κ1) is 18.4. The molecule has 2 aromatic rings. The standard InChI is InChI=1S/C22H32N2/c1-6-15-10-19(11-16(7-2)21(15)23)14(5)20-12-17(8-3)22(24)18(9-4)13-20/h10-14H,6-9,23-24H2,1-5H3. The number of nitrogen functional groups attached to an aromatic ring is 2. The first-order valence-electron chi connectivity index (χ1n) is 9.28. The predicted molar refractivity (Wildman–Crippen MR) is 107 cm³/mol. The summed E-state index contributed by atoms with van der Waals surface area (Å²) < 4.78 is 0. The lowest BCUT2D eigenvalue weighted by molar-refractivity contribution is 0.899. The minimum atomic E-state index is 0.345. The Morgan fingerprint density at radius 3 is 1.08 bits per heavy atom. The molecule has 2 heteroatoms. The molecule has 0 aromatic heterocycles. The molecule has 0 radical (unpaired) electrons. The molecular formula is C22H32N2. The Morgan fingerprint density at radius 1 is 0.625 bits per heavy atom. The Morgan fingerprint density at radius 2 is 0.875 bits per heavy atom. The van der Waals surface area contributed by atoms with Crippen LogP contribution < -0.4 is 11.5 Å². The highest BCUT2D eigenvalue weighted by molar-refractivity contribution is 5.59. The van der Waals surface area contributed by atoms with Crippen LogP contribution >= 0.6 is 0 Å². The van der Waals surface area contributed by atoms with Crippen molar-refractivity contribution in [3.63, 3.8) is 0 Å². The van der Waals surface area contributed by atoms with Crippen molar-refractivity contribution in [2.75, 3.05) is 11.5 Å². The number of hydrogen-bond acceptors (Lipinski definition) is 2. The number of rotatable bonds is 6. The van der Waals surface area contributed by atoms with E-state index in [0.29, 0.717) is 5.92 Å². The van der Waals surface area contributed by atoms with Crippen molar-refractivity contribution < 1.29 is 0 Å². The highest BCUT2D eigenvalue weighted by Crippen LogP contribution is 2.33. The van der Waals surface area contributed by atoms with E-state index in [2.05, 4.69) is 58.9 Å². The van der Waals surface area contributed by atoms with E-state index in [1.807, 2.05) is 0 Å². The van der Waals surface area contributed by atoms with Crippen LogP contribution in [0.3, 0.4) is 0 Å². The van der Waals surface area contributed by atoms with E-state index < -0.39 is 0 Å². The maximum Gasteiger partial charge on any atom is 0.0379 e. The molecule has 4 N–H and O–H groups in total. The molecule has 0 saturated heterocycles. The third-order valence-electron chi connectivity index (χ3n) is 5.27. The van der Waals surface area contributed by atoms with Crippen LogP contribution in [-0.4, -0.2) is 0 Å². The fraction of sp³-hybridized carbons (Fsp3) is 0.455. The molecular weight excluding hydrogens is 292 g/mol. The van der Waals surface area contributed by atoms with Crippen molar-refractivity contribution >= 4 is 11.4 Å². The summed E-state index contributed by atoms with van der Waals surface area (Å²) in [6.07, 6.45) is 3.90. The highest BCUT2D eigenvalue weighted by atomic mass is 14.6. The summed E-state index contributed by atoms with van der Waals surface area (Å²) in [6.45, 7) is 11.0. The van der Waals surface area contributed by atoms with Crippen molar-refractivity contribution in [3.8, 4) is 0 Å². The molecule has 0 unspecified atom stereocenters. The molecule has 2 aromatic carbocycles. The molecule has 0 fully saturated rings. The number of aryl methyl sites for hydroxylation is 4. The second kappa shape index (κ2) is 7.74. The zero-order valence-corrected chi connectivity index (χ0v) is 15.9. The van der Waals surface area contributed by atoms with Gasteiger partial charge in [-0.3, -0.25) is 0 Å². The van der Waals surface area contributed by atoms with Gasteiger partial charge in [0.2, 0.25) is 0 Å². The molecule has 24 heavy (non-hydrogen) atoms. The third kappa shape index (κ3) is 3.43. The van der Waals surface area contributed by atoms with E-state index in [-0.39, 0.29) is 0 Å². The largest absolute Gasteiger partial charge is 0.398 e. The van der Waals surface area contributed by atoms with Gasteiger partial charge >= 0.3 is 0 Å². The maximum atomic E-state index is 6.31. The number of anilines is 2. The molecule has 130 valence electrons. The summed E-state index contributed by atoms with van der Waals surface area (Å²) in [6, 6.07) is 9.14. The van der Waals surface area contributed by atoms with Crippen molar-refractivity contribution in [1.29, 1.82) is 0 Å². The van der Waals surface area contributed by atoms with Crippen LogP contribution in [0.25, 0.3) is 0 Å². The molecule has 0 atom stereocenters. The fourth-order valence-electron chi connectivity index (χ4n) is 3.47. The first-order valence-corrected chi connectivity index (χ1v) is 9.28. The minimum absolute atomic E-state index is 0.345. The van der Waals surface area contributed by atoms with Crippen LogP contribution in [0.5, 0.6) is 0 Å². The van der Waals surface area contributed by atoms with E-state index in [0.717, 1.165) is 37.1 Å². The van der Waals surface area contributed by atoms with Gasteiger partial charge in [0.15, 0.2) is 0 Å². The Hall–Kier alpha value is -1.96. The van der Waals surface area contributed by atoms with E-state index >= 15 is 0 Å². The normalized spacial score (nSPS) is 11.2. The zero-order valence-electron chi connectivity index (χ0n) is 15.9. The van der Waals surface area contributed by atoms with E-state index in [9.17, 15) is 0 Å². The monoisotopic (exact) mass is 324 g/mol. The Labute approximate surface area is 147 Å². The average molecular weight is 325 g/mol. The van der Waals surface area contributed by atoms with Crippen LogP contribution in [0.1, 0.15) is 73.9 Å². The van der Waals surface area contributed by atoms with Crippen molar-refractivity contribution in [3.05, 3.63) is 57.6 Å². The average Bonchev–Trinajstić information content (AvgIpc) is 2.61. The van der Waals surface area contributed by atoms with E-state index in [1.54, 1.807) is 0 Å². The van der Waals surface area contributed by atoms with Gasteiger partial charge in [0, 0.05) is 17.3 Å². The van der Waals surface area contributed by atoms with Gasteiger partial charge in [0.25, 0.3) is 0 Å². The smallest absolute Gasteiger partial charge is 0.0379 e. The third-order valence-corrected chi connectivity index (χ3v) is 5.27. The lowest BCUT2D eigenvalue weighted by Crippen LogP contribution is -2.06. The zero-order chi connectivity index (χ0) is 17.9. The maximum absolute atomic E-state index is 6.31. The Bertz CT molecular complexity index is 604. The van der Waals surface area contributed by atoms with Gasteiger partial charge in [-0.1, -0.05) is 58.9 Å². The molecule has 2 rings (SSSR count). The van der Waals surface area contributed by atoms with Crippen LogP contribution in [0.15, 0.2) is 24.3 Å². The summed E-state index contributed by atoms with van der Waals surface area (Å²) in [5.41, 5.74) is 22.3. The van der Waals surface area contributed by atoms with Crippen LogP contribution in [-0.2, 0) is 25.7 Å². The molecule has 0 bridgehead atoms. The fourth-order valence-corrected chi connectivity index (χ4v) is 3.47. The molecule has 0 aliphatic heterocycles. The van der Waals surface area contributed by atoms with Gasteiger partial charge in [-0.25, -0.2) is 0 Å². The van der Waals surface area contributed by atoms with E-state index in [4.69, 9.17) is 11.5 Å².